The summed E-state index contributed by atoms with van der Waals surface area (Å²) < 4.78 is 0. The van der Waals surface area contributed by atoms with E-state index in [-0.39, 0.29) is 11.8 Å². The highest BCUT2D eigenvalue weighted by Crippen LogP contribution is 2.42. The maximum absolute atomic E-state index is 11.0. The minimum Gasteiger partial charge on any atom is -0.481 e. The Bertz CT molecular complexity index is 200. The van der Waals surface area contributed by atoms with Crippen molar-refractivity contribution in [3.8, 4) is 0 Å². The van der Waals surface area contributed by atoms with Gasteiger partial charge in [-0.05, 0) is 32.1 Å². The van der Waals surface area contributed by atoms with Crippen molar-refractivity contribution in [2.75, 3.05) is 0 Å². The van der Waals surface area contributed by atoms with Crippen molar-refractivity contribution in [2.24, 2.45) is 11.1 Å². The van der Waals surface area contributed by atoms with E-state index in [0.717, 1.165) is 25.7 Å². The van der Waals surface area contributed by atoms with Crippen LogP contribution in [0.2, 0.25) is 0 Å². The molecule has 0 saturated heterocycles. The molecule has 0 unspecified atom stereocenters. The van der Waals surface area contributed by atoms with Gasteiger partial charge in [-0.2, -0.15) is 0 Å². The smallest absolute Gasteiger partial charge is 0.303 e. The van der Waals surface area contributed by atoms with Crippen LogP contribution in [-0.4, -0.2) is 16.6 Å². The highest BCUT2D eigenvalue weighted by atomic mass is 16.4. The zero-order valence-corrected chi connectivity index (χ0v) is 10.5. The predicted octanol–water partition coefficient (Wildman–Crippen LogP) is 2.79. The highest BCUT2D eigenvalue weighted by Gasteiger charge is 2.42. The van der Waals surface area contributed by atoms with Crippen LogP contribution < -0.4 is 5.73 Å². The second kappa shape index (κ2) is 5.50. The number of aliphatic carboxylic acids is 1. The summed E-state index contributed by atoms with van der Waals surface area (Å²) in [6.45, 7) is 8.05. The molecule has 0 fully saturated rings. The van der Waals surface area contributed by atoms with Gasteiger partial charge in [-0.1, -0.05) is 26.7 Å². The molecule has 0 aliphatic rings. The molecule has 0 radical (unpaired) electrons. The van der Waals surface area contributed by atoms with Crippen molar-refractivity contribution in [3.63, 3.8) is 0 Å². The quantitative estimate of drug-likeness (QED) is 0.686. The minimum atomic E-state index is -0.740. The van der Waals surface area contributed by atoms with Crippen molar-refractivity contribution in [3.05, 3.63) is 0 Å². The third-order valence-electron chi connectivity index (χ3n) is 3.31. The molecule has 0 amide bonds. The van der Waals surface area contributed by atoms with Gasteiger partial charge < -0.3 is 10.8 Å². The molecule has 0 aromatic rings. The van der Waals surface area contributed by atoms with E-state index in [9.17, 15) is 4.79 Å². The molecule has 0 rings (SSSR count). The number of nitrogens with two attached hydrogens (primary N) is 1. The van der Waals surface area contributed by atoms with Gasteiger partial charge in [-0.25, -0.2) is 0 Å². The molecule has 3 heteroatoms. The van der Waals surface area contributed by atoms with Gasteiger partial charge in [0.15, 0.2) is 0 Å². The van der Waals surface area contributed by atoms with Crippen LogP contribution in [0, 0.1) is 5.41 Å². The molecule has 3 nitrogen and oxygen atoms in total. The summed E-state index contributed by atoms with van der Waals surface area (Å²) in [4.78, 5) is 11.0. The van der Waals surface area contributed by atoms with Crippen molar-refractivity contribution in [2.45, 2.75) is 65.3 Å². The van der Waals surface area contributed by atoms with Gasteiger partial charge in [0.05, 0.1) is 6.42 Å². The molecular weight excluding hydrogens is 190 g/mol. The number of hydrogen-bond acceptors (Lipinski definition) is 2. The van der Waals surface area contributed by atoms with E-state index in [1.165, 1.54) is 0 Å². The first-order valence-corrected chi connectivity index (χ1v) is 5.79. The van der Waals surface area contributed by atoms with Crippen LogP contribution in [0.5, 0.6) is 0 Å². The average Bonchev–Trinajstić information content (AvgIpc) is 2.01. The number of carboxylic acid groups (broad SMARTS) is 1. The van der Waals surface area contributed by atoms with Gasteiger partial charge in [0.1, 0.15) is 0 Å². The van der Waals surface area contributed by atoms with Crippen LogP contribution in [0.25, 0.3) is 0 Å². The van der Waals surface area contributed by atoms with Gasteiger partial charge in [-0.3, -0.25) is 4.79 Å². The summed E-state index contributed by atoms with van der Waals surface area (Å²) in [5.41, 5.74) is 5.48. The zero-order chi connectivity index (χ0) is 12.1. The fourth-order valence-corrected chi connectivity index (χ4v) is 2.42. The second-order valence-electron chi connectivity index (χ2n) is 5.07. The molecule has 0 aromatic carbocycles. The molecule has 0 heterocycles. The van der Waals surface area contributed by atoms with Crippen LogP contribution in [-0.2, 0) is 4.79 Å². The molecule has 0 aliphatic carbocycles. The summed E-state index contributed by atoms with van der Waals surface area (Å²) >= 11 is 0. The first-order valence-electron chi connectivity index (χ1n) is 5.79. The van der Waals surface area contributed by atoms with Gasteiger partial charge in [0.2, 0.25) is 0 Å². The lowest BCUT2D eigenvalue weighted by Gasteiger charge is -2.44. The Balaban J connectivity index is 4.97. The summed E-state index contributed by atoms with van der Waals surface area (Å²) in [5, 5.41) is 9.01. The maximum atomic E-state index is 11.0. The van der Waals surface area contributed by atoms with Crippen LogP contribution in [0.4, 0.5) is 0 Å². The van der Waals surface area contributed by atoms with Crippen molar-refractivity contribution < 1.29 is 9.90 Å². The van der Waals surface area contributed by atoms with E-state index in [1.807, 2.05) is 13.8 Å². The van der Waals surface area contributed by atoms with Crippen LogP contribution in [0.15, 0.2) is 0 Å². The van der Waals surface area contributed by atoms with Crippen LogP contribution >= 0.6 is 0 Å². The topological polar surface area (TPSA) is 63.3 Å². The molecule has 90 valence electrons. The minimum absolute atomic E-state index is 0.179. The van der Waals surface area contributed by atoms with Crippen LogP contribution in [0.1, 0.15) is 59.8 Å². The summed E-state index contributed by atoms with van der Waals surface area (Å²) in [6.07, 6.45) is 3.91. The lowest BCUT2D eigenvalue weighted by Crippen LogP contribution is -2.51. The summed E-state index contributed by atoms with van der Waals surface area (Å²) in [5.74, 6) is -0.740. The molecule has 0 atom stereocenters. The molecule has 0 bridgehead atoms. The largest absolute Gasteiger partial charge is 0.481 e. The SMILES string of the molecule is CCCC(CCC)(CC(=O)O)C(C)(C)N. The predicted molar refractivity (Wildman–Crippen MR) is 62.8 cm³/mol. The third-order valence-corrected chi connectivity index (χ3v) is 3.31. The summed E-state index contributed by atoms with van der Waals surface area (Å²) in [7, 11) is 0. The Labute approximate surface area is 93.0 Å². The Hall–Kier alpha value is -0.570. The fourth-order valence-electron chi connectivity index (χ4n) is 2.42. The molecule has 0 saturated carbocycles. The van der Waals surface area contributed by atoms with E-state index in [1.54, 1.807) is 0 Å². The summed E-state index contributed by atoms with van der Waals surface area (Å²) in [6, 6.07) is 0. The van der Waals surface area contributed by atoms with Gasteiger partial charge in [0.25, 0.3) is 0 Å². The van der Waals surface area contributed by atoms with Gasteiger partial charge >= 0.3 is 5.97 Å². The van der Waals surface area contributed by atoms with E-state index in [4.69, 9.17) is 10.8 Å². The van der Waals surface area contributed by atoms with E-state index >= 15 is 0 Å². The Morgan fingerprint density at radius 3 is 1.80 bits per heavy atom. The Morgan fingerprint density at radius 1 is 1.20 bits per heavy atom. The zero-order valence-electron chi connectivity index (χ0n) is 10.5. The third kappa shape index (κ3) is 3.82. The Kier molecular flexibility index (Phi) is 5.29. The fraction of sp³-hybridized carbons (Fsp3) is 0.917. The van der Waals surface area contributed by atoms with E-state index < -0.39 is 11.5 Å². The maximum Gasteiger partial charge on any atom is 0.303 e. The van der Waals surface area contributed by atoms with Gasteiger partial charge in [0, 0.05) is 5.54 Å². The molecule has 0 aliphatic heterocycles. The normalized spacial score (nSPS) is 12.9. The van der Waals surface area contributed by atoms with E-state index in [2.05, 4.69) is 13.8 Å². The van der Waals surface area contributed by atoms with Gasteiger partial charge in [-0.15, -0.1) is 0 Å². The molecule has 0 aromatic heterocycles. The van der Waals surface area contributed by atoms with Crippen molar-refractivity contribution in [1.82, 2.24) is 0 Å². The number of carbonyl (C=O) groups is 1. The lowest BCUT2D eigenvalue weighted by molar-refractivity contribution is -0.141. The highest BCUT2D eigenvalue weighted by molar-refractivity contribution is 5.68. The Morgan fingerprint density at radius 2 is 1.60 bits per heavy atom. The lowest BCUT2D eigenvalue weighted by atomic mass is 9.64. The number of carboxylic acids is 1. The van der Waals surface area contributed by atoms with Crippen molar-refractivity contribution in [1.29, 1.82) is 0 Å². The number of rotatable bonds is 7. The molecule has 0 spiro atoms. The molecular formula is C12H25NO2. The monoisotopic (exact) mass is 215 g/mol. The van der Waals surface area contributed by atoms with Crippen molar-refractivity contribution >= 4 is 5.97 Å². The standard InChI is InChI=1S/C12H25NO2/c1-5-7-12(8-6-2,9-10(14)15)11(3,4)13/h5-9,13H2,1-4H3,(H,14,15). The number of hydrogen-bond donors (Lipinski definition) is 2. The first kappa shape index (κ1) is 14.4. The first-order chi connectivity index (χ1) is 6.79. The average molecular weight is 215 g/mol. The molecule has 3 N–H and O–H groups in total. The second-order valence-corrected chi connectivity index (χ2v) is 5.07. The molecule has 15 heavy (non-hydrogen) atoms. The van der Waals surface area contributed by atoms with E-state index in [0.29, 0.717) is 0 Å². The van der Waals surface area contributed by atoms with Crippen LogP contribution in [0.3, 0.4) is 0 Å².